The molecule has 5 heteroatoms. The van der Waals surface area contributed by atoms with E-state index in [0.717, 1.165) is 51.8 Å². The van der Waals surface area contributed by atoms with Gasteiger partial charge in [-0.2, -0.15) is 0 Å². The highest BCUT2D eigenvalue weighted by atomic mass is 15.1. The summed E-state index contributed by atoms with van der Waals surface area (Å²) in [6, 6.07) is 35.1. The molecule has 0 fully saturated rings. The molecule has 1 aliphatic rings. The molecule has 5 nitrogen and oxygen atoms in total. The molecule has 176 valence electrons. The van der Waals surface area contributed by atoms with Gasteiger partial charge in [0.25, 0.3) is 0 Å². The average molecular weight is 478 g/mol. The van der Waals surface area contributed by atoms with Crippen molar-refractivity contribution in [2.24, 2.45) is 0 Å². The van der Waals surface area contributed by atoms with Crippen LogP contribution in [0.3, 0.4) is 0 Å². The first kappa shape index (κ1) is 21.3. The van der Waals surface area contributed by atoms with Gasteiger partial charge in [0.05, 0.1) is 40.5 Å². The van der Waals surface area contributed by atoms with Crippen molar-refractivity contribution in [1.29, 1.82) is 0 Å². The Kier molecular flexibility index (Phi) is 5.10. The Morgan fingerprint density at radius 1 is 0.622 bits per heavy atom. The Bertz CT molecular complexity index is 1770. The third kappa shape index (κ3) is 3.78. The lowest BCUT2D eigenvalue weighted by Gasteiger charge is -2.14. The van der Waals surface area contributed by atoms with Gasteiger partial charge in [-0.3, -0.25) is 9.55 Å². The zero-order chi connectivity index (χ0) is 24.6. The van der Waals surface area contributed by atoms with E-state index < -0.39 is 0 Å². The summed E-state index contributed by atoms with van der Waals surface area (Å²) >= 11 is 0. The first-order valence-electron chi connectivity index (χ1n) is 12.3. The van der Waals surface area contributed by atoms with Gasteiger partial charge in [0.15, 0.2) is 0 Å². The van der Waals surface area contributed by atoms with E-state index in [1.54, 1.807) is 0 Å². The second-order valence-electron chi connectivity index (χ2n) is 9.01. The third-order valence-electron chi connectivity index (χ3n) is 6.77. The van der Waals surface area contributed by atoms with Crippen LogP contribution in [0.15, 0.2) is 116 Å². The predicted molar refractivity (Wildman–Crippen MR) is 149 cm³/mol. The SMILES string of the molecule is C1=Cc2c(n(-c3cccc(-c4cccc(-c5ccc(-c6ccccn6)cc5)n4)n3)c3ccccc23)CN1. The maximum atomic E-state index is 5.07. The number of nitrogens with zero attached hydrogens (tertiary/aromatic N) is 4. The third-order valence-corrected chi connectivity index (χ3v) is 6.77. The molecule has 0 aliphatic carbocycles. The molecule has 37 heavy (non-hydrogen) atoms. The summed E-state index contributed by atoms with van der Waals surface area (Å²) in [5.74, 6) is 0.888. The monoisotopic (exact) mass is 477 g/mol. The number of nitrogens with one attached hydrogen (secondary N) is 1. The maximum absolute atomic E-state index is 5.07. The summed E-state index contributed by atoms with van der Waals surface area (Å²) in [6.45, 7) is 0.759. The fraction of sp³-hybridized carbons (Fsp3) is 0.0312. The number of fused-ring (bicyclic) bond motifs is 3. The molecule has 6 aromatic rings. The van der Waals surface area contributed by atoms with Crippen LogP contribution in [-0.2, 0) is 6.54 Å². The second kappa shape index (κ2) is 8.88. The number of benzene rings is 2. The van der Waals surface area contributed by atoms with Gasteiger partial charge in [-0.1, -0.05) is 60.7 Å². The van der Waals surface area contributed by atoms with Crippen molar-refractivity contribution in [2.75, 3.05) is 0 Å². The molecule has 0 unspecified atom stereocenters. The summed E-state index contributed by atoms with van der Waals surface area (Å²) in [7, 11) is 0. The molecule has 0 atom stereocenters. The zero-order valence-corrected chi connectivity index (χ0v) is 20.0. The molecule has 2 aromatic carbocycles. The molecule has 0 amide bonds. The number of hydrogen-bond donors (Lipinski definition) is 1. The van der Waals surface area contributed by atoms with Crippen molar-refractivity contribution in [2.45, 2.75) is 6.54 Å². The van der Waals surface area contributed by atoms with Crippen LogP contribution in [0, 0.1) is 0 Å². The van der Waals surface area contributed by atoms with E-state index in [-0.39, 0.29) is 0 Å². The van der Waals surface area contributed by atoms with E-state index in [9.17, 15) is 0 Å². The van der Waals surface area contributed by atoms with Crippen LogP contribution in [0.4, 0.5) is 0 Å². The topological polar surface area (TPSA) is 55.6 Å². The van der Waals surface area contributed by atoms with Gasteiger partial charge in [-0.15, -0.1) is 0 Å². The minimum absolute atomic E-state index is 0.759. The van der Waals surface area contributed by atoms with Crippen LogP contribution in [0.2, 0.25) is 0 Å². The Morgan fingerprint density at radius 2 is 1.32 bits per heavy atom. The molecule has 7 rings (SSSR count). The predicted octanol–water partition coefficient (Wildman–Crippen LogP) is 6.89. The first-order chi connectivity index (χ1) is 18.3. The molecule has 0 saturated heterocycles. The van der Waals surface area contributed by atoms with Crippen LogP contribution in [0.5, 0.6) is 0 Å². The van der Waals surface area contributed by atoms with Crippen molar-refractivity contribution in [1.82, 2.24) is 24.8 Å². The van der Waals surface area contributed by atoms with Gasteiger partial charge in [-0.05, 0) is 54.7 Å². The quantitative estimate of drug-likeness (QED) is 0.300. The lowest BCUT2D eigenvalue weighted by molar-refractivity contribution is 0.795. The smallest absolute Gasteiger partial charge is 0.138 e. The number of para-hydroxylation sites is 1. The molecular weight excluding hydrogens is 454 g/mol. The summed E-state index contributed by atoms with van der Waals surface area (Å²) < 4.78 is 2.25. The molecule has 5 heterocycles. The van der Waals surface area contributed by atoms with Gasteiger partial charge in [-0.25, -0.2) is 9.97 Å². The van der Waals surface area contributed by atoms with E-state index in [4.69, 9.17) is 9.97 Å². The largest absolute Gasteiger partial charge is 0.385 e. The summed E-state index contributed by atoms with van der Waals surface area (Å²) in [4.78, 5) is 14.5. The zero-order valence-electron chi connectivity index (χ0n) is 20.0. The van der Waals surface area contributed by atoms with Gasteiger partial charge in [0, 0.05) is 28.3 Å². The summed E-state index contributed by atoms with van der Waals surface area (Å²) in [5.41, 5.74) is 9.31. The van der Waals surface area contributed by atoms with E-state index in [1.165, 1.54) is 16.6 Å². The van der Waals surface area contributed by atoms with Crippen molar-refractivity contribution < 1.29 is 0 Å². The van der Waals surface area contributed by atoms with Crippen LogP contribution in [0.1, 0.15) is 11.3 Å². The Morgan fingerprint density at radius 3 is 2.16 bits per heavy atom. The molecule has 4 aromatic heterocycles. The summed E-state index contributed by atoms with van der Waals surface area (Å²) in [5, 5.41) is 4.59. The van der Waals surface area contributed by atoms with Gasteiger partial charge in [0.2, 0.25) is 0 Å². The van der Waals surface area contributed by atoms with Crippen LogP contribution < -0.4 is 5.32 Å². The van der Waals surface area contributed by atoms with Crippen LogP contribution in [-0.4, -0.2) is 19.5 Å². The lowest BCUT2D eigenvalue weighted by atomic mass is 10.1. The fourth-order valence-electron chi connectivity index (χ4n) is 5.01. The highest BCUT2D eigenvalue weighted by Gasteiger charge is 2.19. The average Bonchev–Trinajstić information content (AvgIpc) is 3.32. The Balaban J connectivity index is 1.27. The molecular formula is C32H23N5. The van der Waals surface area contributed by atoms with E-state index >= 15 is 0 Å². The van der Waals surface area contributed by atoms with Crippen molar-refractivity contribution in [3.8, 4) is 39.7 Å². The number of rotatable bonds is 4. The number of aromatic nitrogens is 4. The molecule has 1 N–H and O–H groups in total. The standard InChI is InChI=1S/C32H23N5/c1-2-12-30-24(7-1)25-18-20-33-21-31(25)37(30)32-13-6-11-29(36-32)28-10-5-9-27(35-28)23-16-14-22(15-17-23)26-8-3-4-19-34-26/h1-20,33H,21H2. The molecule has 0 bridgehead atoms. The van der Waals surface area contributed by atoms with E-state index in [0.29, 0.717) is 0 Å². The molecule has 0 spiro atoms. The van der Waals surface area contributed by atoms with Gasteiger partial charge >= 0.3 is 0 Å². The molecule has 0 saturated carbocycles. The number of hydrogen-bond acceptors (Lipinski definition) is 4. The lowest BCUT2D eigenvalue weighted by Crippen LogP contribution is -2.14. The van der Waals surface area contributed by atoms with E-state index in [2.05, 4.69) is 81.6 Å². The van der Waals surface area contributed by atoms with Crippen LogP contribution in [0.25, 0.3) is 56.7 Å². The molecule has 0 radical (unpaired) electrons. The first-order valence-corrected chi connectivity index (χ1v) is 12.3. The molecule has 1 aliphatic heterocycles. The normalized spacial score (nSPS) is 12.3. The Labute approximate surface area is 214 Å². The second-order valence-corrected chi connectivity index (χ2v) is 9.01. The van der Waals surface area contributed by atoms with Crippen LogP contribution >= 0.6 is 0 Å². The van der Waals surface area contributed by atoms with E-state index in [1.807, 2.05) is 54.9 Å². The van der Waals surface area contributed by atoms with Gasteiger partial charge in [0.1, 0.15) is 5.82 Å². The highest BCUT2D eigenvalue weighted by Crippen LogP contribution is 2.32. The Hall–Kier alpha value is -5.03. The fourth-order valence-corrected chi connectivity index (χ4v) is 5.01. The maximum Gasteiger partial charge on any atom is 0.138 e. The number of pyridine rings is 3. The summed E-state index contributed by atoms with van der Waals surface area (Å²) in [6.07, 6.45) is 5.97. The van der Waals surface area contributed by atoms with Crippen molar-refractivity contribution >= 4 is 17.0 Å². The minimum atomic E-state index is 0.759. The van der Waals surface area contributed by atoms with Crippen molar-refractivity contribution in [3.05, 3.63) is 127 Å². The van der Waals surface area contributed by atoms with Crippen molar-refractivity contribution in [3.63, 3.8) is 0 Å². The van der Waals surface area contributed by atoms with Gasteiger partial charge < -0.3 is 5.32 Å². The minimum Gasteiger partial charge on any atom is -0.385 e. The highest BCUT2D eigenvalue weighted by molar-refractivity contribution is 5.93.